The molecule has 2 amide bonds. The van der Waals surface area contributed by atoms with Gasteiger partial charge in [-0.25, -0.2) is 9.78 Å². The quantitative estimate of drug-likeness (QED) is 0.689. The molecule has 1 aromatic rings. The third-order valence-electron chi connectivity index (χ3n) is 2.53. The molecular formula is C12H19N5O3. The Balaban J connectivity index is 2.41. The second-order valence-electron chi connectivity index (χ2n) is 4.89. The van der Waals surface area contributed by atoms with Gasteiger partial charge in [0.2, 0.25) is 0 Å². The van der Waals surface area contributed by atoms with E-state index in [-0.39, 0.29) is 24.8 Å². The topological polar surface area (TPSA) is 117 Å². The summed E-state index contributed by atoms with van der Waals surface area (Å²) in [5.74, 6) is -0.504. The molecule has 0 aromatic carbocycles. The molecular weight excluding hydrogens is 262 g/mol. The Morgan fingerprint density at radius 3 is 2.65 bits per heavy atom. The summed E-state index contributed by atoms with van der Waals surface area (Å²) >= 11 is 0. The largest absolute Gasteiger partial charge is 0.481 e. The number of carboxylic acids is 1. The van der Waals surface area contributed by atoms with Crippen molar-refractivity contribution in [3.63, 3.8) is 0 Å². The molecule has 0 bridgehead atoms. The molecule has 0 fully saturated rings. The molecule has 1 atom stereocenters. The molecule has 20 heavy (non-hydrogen) atoms. The van der Waals surface area contributed by atoms with Crippen molar-refractivity contribution in [2.75, 3.05) is 11.9 Å². The summed E-state index contributed by atoms with van der Waals surface area (Å²) in [6, 6.07) is -0.475. The monoisotopic (exact) mass is 281 g/mol. The van der Waals surface area contributed by atoms with Gasteiger partial charge in [0.1, 0.15) is 0 Å². The third-order valence-corrected chi connectivity index (χ3v) is 2.53. The summed E-state index contributed by atoms with van der Waals surface area (Å²) in [5.41, 5.74) is 0. The fourth-order valence-electron chi connectivity index (χ4n) is 1.84. The van der Waals surface area contributed by atoms with Gasteiger partial charge in [-0.05, 0) is 18.3 Å². The molecule has 0 aliphatic heterocycles. The van der Waals surface area contributed by atoms with E-state index in [4.69, 9.17) is 5.11 Å². The second kappa shape index (κ2) is 8.03. The lowest BCUT2D eigenvalue weighted by Gasteiger charge is -2.17. The van der Waals surface area contributed by atoms with Crippen LogP contribution in [0.1, 0.15) is 26.7 Å². The minimum absolute atomic E-state index is 0.0296. The highest BCUT2D eigenvalue weighted by Gasteiger charge is 2.16. The number of amides is 2. The predicted octanol–water partition coefficient (Wildman–Crippen LogP) is 1.13. The van der Waals surface area contributed by atoms with Crippen molar-refractivity contribution in [3.8, 4) is 0 Å². The molecule has 8 heteroatoms. The average Bonchev–Trinajstić information content (AvgIpc) is 2.36. The van der Waals surface area contributed by atoms with E-state index in [9.17, 15) is 9.59 Å². The van der Waals surface area contributed by atoms with Crippen LogP contribution in [-0.4, -0.2) is 38.8 Å². The molecule has 8 nitrogen and oxygen atoms in total. The van der Waals surface area contributed by atoms with Crippen LogP contribution in [0.2, 0.25) is 0 Å². The molecule has 0 saturated carbocycles. The SMILES string of the molecule is CC(C)CC(CNC(=O)Nc1nccnn1)CC(=O)O. The number of rotatable bonds is 7. The van der Waals surface area contributed by atoms with E-state index in [0.717, 1.165) is 6.42 Å². The van der Waals surface area contributed by atoms with E-state index in [1.165, 1.54) is 12.4 Å². The highest BCUT2D eigenvalue weighted by Crippen LogP contribution is 2.14. The minimum Gasteiger partial charge on any atom is -0.481 e. The average molecular weight is 281 g/mol. The van der Waals surface area contributed by atoms with Crippen molar-refractivity contribution in [2.24, 2.45) is 11.8 Å². The Kier molecular flexibility index (Phi) is 6.34. The van der Waals surface area contributed by atoms with Crippen molar-refractivity contribution in [1.29, 1.82) is 0 Å². The standard InChI is InChI=1S/C12H19N5O3/c1-8(2)5-9(6-10(18)19)7-14-12(20)16-11-13-3-4-15-17-11/h3-4,8-9H,5-7H2,1-2H3,(H,18,19)(H2,13,14,16,17,20). The second-order valence-corrected chi connectivity index (χ2v) is 4.89. The fourth-order valence-corrected chi connectivity index (χ4v) is 1.84. The van der Waals surface area contributed by atoms with Crippen LogP contribution < -0.4 is 10.6 Å². The predicted molar refractivity (Wildman–Crippen MR) is 72.0 cm³/mol. The highest BCUT2D eigenvalue weighted by molar-refractivity contribution is 5.87. The van der Waals surface area contributed by atoms with Crippen LogP contribution in [0.4, 0.5) is 10.7 Å². The maximum atomic E-state index is 11.6. The fraction of sp³-hybridized carbons (Fsp3) is 0.583. The van der Waals surface area contributed by atoms with Crippen LogP contribution in [0, 0.1) is 11.8 Å². The van der Waals surface area contributed by atoms with E-state index in [0.29, 0.717) is 5.92 Å². The molecule has 110 valence electrons. The molecule has 1 aromatic heterocycles. The van der Waals surface area contributed by atoms with Crippen LogP contribution in [0.3, 0.4) is 0 Å². The van der Waals surface area contributed by atoms with Crippen LogP contribution in [-0.2, 0) is 4.79 Å². The molecule has 0 spiro atoms. The zero-order chi connectivity index (χ0) is 15.0. The molecule has 0 radical (unpaired) electrons. The summed E-state index contributed by atoms with van der Waals surface area (Å²) in [6.45, 7) is 4.31. The van der Waals surface area contributed by atoms with Gasteiger partial charge < -0.3 is 10.4 Å². The van der Waals surface area contributed by atoms with Gasteiger partial charge in [0.15, 0.2) is 0 Å². The van der Waals surface area contributed by atoms with E-state index >= 15 is 0 Å². The van der Waals surface area contributed by atoms with Gasteiger partial charge in [-0.15, -0.1) is 5.10 Å². The van der Waals surface area contributed by atoms with Crippen molar-refractivity contribution in [2.45, 2.75) is 26.7 Å². The first-order valence-corrected chi connectivity index (χ1v) is 6.37. The lowest BCUT2D eigenvalue weighted by Crippen LogP contribution is -2.34. The summed E-state index contributed by atoms with van der Waals surface area (Å²) < 4.78 is 0. The molecule has 0 aliphatic carbocycles. The summed E-state index contributed by atoms with van der Waals surface area (Å²) in [5, 5.41) is 21.1. The maximum Gasteiger partial charge on any atom is 0.321 e. The molecule has 1 rings (SSSR count). The summed E-state index contributed by atoms with van der Waals surface area (Å²) in [6.07, 6.45) is 3.57. The Hall–Kier alpha value is -2.25. The number of carbonyl (C=O) groups is 2. The number of carboxylic acid groups (broad SMARTS) is 1. The Bertz CT molecular complexity index is 438. The number of hydrogen-bond donors (Lipinski definition) is 3. The van der Waals surface area contributed by atoms with E-state index in [1.54, 1.807) is 0 Å². The van der Waals surface area contributed by atoms with Gasteiger partial charge in [-0.2, -0.15) is 5.10 Å². The van der Waals surface area contributed by atoms with Gasteiger partial charge in [-0.3, -0.25) is 10.1 Å². The van der Waals surface area contributed by atoms with Crippen molar-refractivity contribution in [1.82, 2.24) is 20.5 Å². The summed E-state index contributed by atoms with van der Waals surface area (Å²) in [7, 11) is 0. The van der Waals surface area contributed by atoms with Crippen LogP contribution in [0.15, 0.2) is 12.4 Å². The van der Waals surface area contributed by atoms with Crippen molar-refractivity contribution in [3.05, 3.63) is 12.4 Å². The van der Waals surface area contributed by atoms with E-state index in [1.807, 2.05) is 13.8 Å². The molecule has 0 saturated heterocycles. The smallest absolute Gasteiger partial charge is 0.321 e. The van der Waals surface area contributed by atoms with E-state index < -0.39 is 12.0 Å². The number of anilines is 1. The Morgan fingerprint density at radius 2 is 2.10 bits per heavy atom. The number of carbonyl (C=O) groups excluding carboxylic acids is 1. The number of urea groups is 1. The third kappa shape index (κ3) is 6.62. The first kappa shape index (κ1) is 15.8. The van der Waals surface area contributed by atoms with Crippen LogP contribution >= 0.6 is 0 Å². The normalized spacial score (nSPS) is 11.9. The van der Waals surface area contributed by atoms with E-state index in [2.05, 4.69) is 25.8 Å². The van der Waals surface area contributed by atoms with Crippen LogP contribution in [0.5, 0.6) is 0 Å². The molecule has 3 N–H and O–H groups in total. The van der Waals surface area contributed by atoms with Crippen molar-refractivity contribution >= 4 is 17.9 Å². The van der Waals surface area contributed by atoms with Crippen LogP contribution in [0.25, 0.3) is 0 Å². The number of aromatic nitrogens is 3. The number of nitrogens with one attached hydrogen (secondary N) is 2. The highest BCUT2D eigenvalue weighted by atomic mass is 16.4. The lowest BCUT2D eigenvalue weighted by atomic mass is 9.94. The maximum absolute atomic E-state index is 11.6. The summed E-state index contributed by atoms with van der Waals surface area (Å²) in [4.78, 5) is 26.2. The minimum atomic E-state index is -0.867. The Morgan fingerprint density at radius 1 is 1.35 bits per heavy atom. The number of hydrogen-bond acceptors (Lipinski definition) is 5. The van der Waals surface area contributed by atoms with Gasteiger partial charge in [0.25, 0.3) is 5.95 Å². The first-order chi connectivity index (χ1) is 9.47. The zero-order valence-corrected chi connectivity index (χ0v) is 11.5. The number of aliphatic carboxylic acids is 1. The number of nitrogens with zero attached hydrogens (tertiary/aromatic N) is 3. The van der Waals surface area contributed by atoms with Crippen molar-refractivity contribution < 1.29 is 14.7 Å². The Labute approximate surface area is 117 Å². The van der Waals surface area contributed by atoms with Gasteiger partial charge in [0.05, 0.1) is 12.4 Å². The van der Waals surface area contributed by atoms with Gasteiger partial charge in [-0.1, -0.05) is 13.8 Å². The molecule has 0 aliphatic rings. The van der Waals surface area contributed by atoms with Gasteiger partial charge >= 0.3 is 12.0 Å². The van der Waals surface area contributed by atoms with Gasteiger partial charge in [0, 0.05) is 13.0 Å². The first-order valence-electron chi connectivity index (χ1n) is 6.37. The molecule has 1 unspecified atom stereocenters. The molecule has 1 heterocycles. The zero-order valence-electron chi connectivity index (χ0n) is 11.5. The lowest BCUT2D eigenvalue weighted by molar-refractivity contribution is -0.138.